The second-order valence-electron chi connectivity index (χ2n) is 5.81. The summed E-state index contributed by atoms with van der Waals surface area (Å²) in [5.41, 5.74) is 3.63. The topological polar surface area (TPSA) is 36.9 Å². The SMILES string of the molecule is CO[SiH](OC)C(C)Cc1ccccc1CC(C)[SiH](OC)OC. The van der Waals surface area contributed by atoms with Gasteiger partial charge in [-0.15, -0.1) is 0 Å². The highest BCUT2D eigenvalue weighted by molar-refractivity contribution is 6.46. The number of rotatable bonds is 10. The molecule has 1 aromatic rings. The lowest BCUT2D eigenvalue weighted by Crippen LogP contribution is -2.27. The first-order valence-electron chi connectivity index (χ1n) is 7.75. The molecule has 0 aliphatic rings. The Morgan fingerprint density at radius 3 is 1.32 bits per heavy atom. The quantitative estimate of drug-likeness (QED) is 0.613. The van der Waals surface area contributed by atoms with Crippen LogP contribution in [0.2, 0.25) is 11.1 Å². The molecular weight excluding hydrogens is 312 g/mol. The smallest absolute Gasteiger partial charge is 0.324 e. The van der Waals surface area contributed by atoms with Crippen molar-refractivity contribution in [2.45, 2.75) is 37.8 Å². The van der Waals surface area contributed by atoms with Crippen LogP contribution in [0.3, 0.4) is 0 Å². The fourth-order valence-electron chi connectivity index (χ4n) is 2.96. The van der Waals surface area contributed by atoms with E-state index in [1.165, 1.54) is 11.1 Å². The highest BCUT2D eigenvalue weighted by atomic mass is 28.3. The van der Waals surface area contributed by atoms with Gasteiger partial charge in [-0.3, -0.25) is 0 Å². The number of hydrogen-bond donors (Lipinski definition) is 0. The molecule has 1 aromatic carbocycles. The number of benzene rings is 1. The van der Waals surface area contributed by atoms with Crippen molar-refractivity contribution in [2.75, 3.05) is 28.4 Å². The van der Waals surface area contributed by atoms with Gasteiger partial charge in [-0.05, 0) is 24.0 Å². The average molecular weight is 343 g/mol. The van der Waals surface area contributed by atoms with Crippen molar-refractivity contribution in [3.8, 4) is 0 Å². The van der Waals surface area contributed by atoms with Crippen LogP contribution in [0.15, 0.2) is 24.3 Å². The standard InChI is InChI=1S/C16H30O4Si2/c1-13(21(17-3)18-4)11-15-9-7-8-10-16(15)12-14(2)22(19-5)20-6/h7-10,13-14,21-22H,11-12H2,1-6H3. The maximum Gasteiger partial charge on any atom is 0.324 e. The first-order valence-corrected chi connectivity index (χ1v) is 11.0. The van der Waals surface area contributed by atoms with Crippen LogP contribution >= 0.6 is 0 Å². The van der Waals surface area contributed by atoms with Gasteiger partial charge in [0.1, 0.15) is 0 Å². The van der Waals surface area contributed by atoms with Crippen LogP contribution in [0.4, 0.5) is 0 Å². The largest absolute Gasteiger partial charge is 0.400 e. The lowest BCUT2D eigenvalue weighted by molar-refractivity contribution is 0.265. The zero-order valence-corrected chi connectivity index (χ0v) is 17.0. The molecule has 0 aromatic heterocycles. The van der Waals surface area contributed by atoms with Gasteiger partial charge in [-0.2, -0.15) is 0 Å². The van der Waals surface area contributed by atoms with E-state index in [1.807, 2.05) is 0 Å². The van der Waals surface area contributed by atoms with Crippen LogP contribution in [0.25, 0.3) is 0 Å². The highest BCUT2D eigenvalue weighted by Crippen LogP contribution is 2.25. The monoisotopic (exact) mass is 342 g/mol. The third-order valence-corrected chi connectivity index (χ3v) is 8.25. The summed E-state index contributed by atoms with van der Waals surface area (Å²) in [5, 5.41) is 0. The first-order chi connectivity index (χ1) is 10.6. The Balaban J connectivity index is 2.81. The molecule has 0 aliphatic heterocycles. The van der Waals surface area contributed by atoms with Crippen molar-refractivity contribution in [1.82, 2.24) is 0 Å². The Kier molecular flexibility index (Phi) is 9.15. The maximum atomic E-state index is 5.51. The Bertz CT molecular complexity index is 383. The minimum absolute atomic E-state index is 0.435. The molecule has 22 heavy (non-hydrogen) atoms. The van der Waals surface area contributed by atoms with E-state index in [0.717, 1.165) is 12.8 Å². The van der Waals surface area contributed by atoms with Crippen LogP contribution in [-0.2, 0) is 30.5 Å². The van der Waals surface area contributed by atoms with E-state index < -0.39 is 18.6 Å². The summed E-state index contributed by atoms with van der Waals surface area (Å²) in [7, 11) is 3.82. The molecule has 0 saturated heterocycles. The fourth-order valence-corrected chi connectivity index (χ4v) is 6.10. The van der Waals surface area contributed by atoms with Gasteiger partial charge in [0.25, 0.3) is 0 Å². The second-order valence-corrected chi connectivity index (χ2v) is 11.4. The second kappa shape index (κ2) is 10.3. The highest BCUT2D eigenvalue weighted by Gasteiger charge is 2.24. The molecule has 0 spiro atoms. The third-order valence-electron chi connectivity index (χ3n) is 4.06. The van der Waals surface area contributed by atoms with Gasteiger partial charge in [-0.25, -0.2) is 0 Å². The van der Waals surface area contributed by atoms with E-state index in [4.69, 9.17) is 17.7 Å². The van der Waals surface area contributed by atoms with Crippen molar-refractivity contribution in [3.63, 3.8) is 0 Å². The molecule has 0 bridgehead atoms. The first kappa shape index (κ1) is 19.5. The minimum atomic E-state index is -1.58. The lowest BCUT2D eigenvalue weighted by Gasteiger charge is -2.22. The van der Waals surface area contributed by atoms with E-state index >= 15 is 0 Å². The van der Waals surface area contributed by atoms with Crippen molar-refractivity contribution in [1.29, 1.82) is 0 Å². The zero-order valence-electron chi connectivity index (χ0n) is 14.7. The molecule has 6 heteroatoms. The minimum Gasteiger partial charge on any atom is -0.400 e. The Labute approximate surface area is 138 Å². The summed E-state index contributed by atoms with van der Waals surface area (Å²) in [6.45, 7) is 4.43. The van der Waals surface area contributed by atoms with Crippen molar-refractivity contribution in [2.24, 2.45) is 0 Å². The Hall–Kier alpha value is -0.506. The van der Waals surface area contributed by atoms with Crippen molar-refractivity contribution < 1.29 is 17.7 Å². The molecule has 0 heterocycles. The predicted octanol–water partition coefficient (Wildman–Crippen LogP) is 2.58. The molecule has 0 N–H and O–H groups in total. The summed E-state index contributed by atoms with van der Waals surface area (Å²) in [6, 6.07) is 8.64. The van der Waals surface area contributed by atoms with Crippen molar-refractivity contribution in [3.05, 3.63) is 35.4 Å². The van der Waals surface area contributed by atoms with Crippen LogP contribution in [0.5, 0.6) is 0 Å². The van der Waals surface area contributed by atoms with Crippen LogP contribution < -0.4 is 0 Å². The molecule has 2 unspecified atom stereocenters. The molecule has 4 nitrogen and oxygen atoms in total. The van der Waals surface area contributed by atoms with E-state index in [0.29, 0.717) is 11.1 Å². The summed E-state index contributed by atoms with van der Waals surface area (Å²) in [6.07, 6.45) is 1.99. The summed E-state index contributed by atoms with van der Waals surface area (Å²) >= 11 is 0. The average Bonchev–Trinajstić information content (AvgIpc) is 2.51. The zero-order chi connectivity index (χ0) is 16.5. The summed E-state index contributed by atoms with van der Waals surface area (Å²) in [4.78, 5) is 0. The van der Waals surface area contributed by atoms with Gasteiger partial charge in [0.15, 0.2) is 0 Å². The Morgan fingerprint density at radius 1 is 0.727 bits per heavy atom. The van der Waals surface area contributed by atoms with E-state index in [-0.39, 0.29) is 0 Å². The Morgan fingerprint density at radius 2 is 1.05 bits per heavy atom. The molecule has 0 saturated carbocycles. The molecule has 1 rings (SSSR count). The lowest BCUT2D eigenvalue weighted by atomic mass is 9.99. The molecule has 0 amide bonds. The van der Waals surface area contributed by atoms with Gasteiger partial charge in [0, 0.05) is 39.5 Å². The maximum absolute atomic E-state index is 5.51. The van der Waals surface area contributed by atoms with Gasteiger partial charge in [0.05, 0.1) is 0 Å². The van der Waals surface area contributed by atoms with E-state index in [1.54, 1.807) is 28.4 Å². The van der Waals surface area contributed by atoms with Crippen LogP contribution in [0, 0.1) is 0 Å². The van der Waals surface area contributed by atoms with Gasteiger partial charge < -0.3 is 17.7 Å². The molecular formula is C16H30O4Si2. The van der Waals surface area contributed by atoms with E-state index in [9.17, 15) is 0 Å². The molecule has 126 valence electrons. The molecule has 0 aliphatic carbocycles. The van der Waals surface area contributed by atoms with Gasteiger partial charge in [-0.1, -0.05) is 38.1 Å². The van der Waals surface area contributed by atoms with E-state index in [2.05, 4.69) is 38.1 Å². The molecule has 0 fully saturated rings. The van der Waals surface area contributed by atoms with Gasteiger partial charge in [0.2, 0.25) is 0 Å². The van der Waals surface area contributed by atoms with Gasteiger partial charge >= 0.3 is 18.6 Å². The molecule has 0 radical (unpaired) electrons. The normalized spacial score (nSPS) is 14.5. The fraction of sp³-hybridized carbons (Fsp3) is 0.625. The molecule has 2 atom stereocenters. The predicted molar refractivity (Wildman–Crippen MR) is 95.0 cm³/mol. The van der Waals surface area contributed by atoms with Crippen LogP contribution in [0.1, 0.15) is 25.0 Å². The summed E-state index contributed by atoms with van der Waals surface area (Å²) < 4.78 is 22.0. The summed E-state index contributed by atoms with van der Waals surface area (Å²) in [5.74, 6) is 0. The van der Waals surface area contributed by atoms with Crippen molar-refractivity contribution >= 4 is 18.6 Å². The number of hydrogen-bond acceptors (Lipinski definition) is 4. The van der Waals surface area contributed by atoms with Crippen LogP contribution in [-0.4, -0.2) is 47.0 Å². The third kappa shape index (κ3) is 5.60.